The molecule has 1 amide bonds. The van der Waals surface area contributed by atoms with Crippen molar-refractivity contribution in [2.45, 2.75) is 24.5 Å². The zero-order chi connectivity index (χ0) is 19.1. The van der Waals surface area contributed by atoms with E-state index >= 15 is 0 Å². The zero-order valence-electron chi connectivity index (χ0n) is 14.5. The minimum absolute atomic E-state index is 0.00329. The predicted molar refractivity (Wildman–Crippen MR) is 101 cm³/mol. The van der Waals surface area contributed by atoms with E-state index in [9.17, 15) is 18.0 Å². The molecule has 1 aliphatic rings. The van der Waals surface area contributed by atoms with Gasteiger partial charge in [-0.25, -0.2) is 13.2 Å². The van der Waals surface area contributed by atoms with Gasteiger partial charge in [-0.2, -0.15) is 0 Å². The highest BCUT2D eigenvalue weighted by molar-refractivity contribution is 7.98. The van der Waals surface area contributed by atoms with Crippen LogP contribution in [0.5, 0.6) is 0 Å². The molecule has 1 N–H and O–H groups in total. The molecule has 0 radical (unpaired) electrons. The molecule has 0 spiro atoms. The molecule has 0 unspecified atom stereocenters. The number of nitrogens with zero attached hydrogens (tertiary/aromatic N) is 1. The largest absolute Gasteiger partial charge is 0.350 e. The average molecular weight is 390 g/mol. The van der Waals surface area contributed by atoms with Crippen molar-refractivity contribution in [2.75, 3.05) is 0 Å². The first-order valence-electron chi connectivity index (χ1n) is 8.57. The average Bonchev–Trinajstić information content (AvgIpc) is 3.43. The van der Waals surface area contributed by atoms with Crippen LogP contribution in [0, 0.1) is 5.82 Å². The molecule has 0 atom stereocenters. The number of fused-ring (bicyclic) bond motifs is 1. The molecule has 1 aromatic heterocycles. The first-order chi connectivity index (χ1) is 12.9. The Bertz CT molecular complexity index is 1010. The molecule has 7 heteroatoms. The molecule has 0 saturated heterocycles. The Balaban J connectivity index is 1.71. The first kappa shape index (κ1) is 18.0. The third-order valence-electron chi connectivity index (χ3n) is 4.64. The van der Waals surface area contributed by atoms with Crippen molar-refractivity contribution in [1.29, 1.82) is 0 Å². The zero-order valence-corrected chi connectivity index (χ0v) is 15.3. The summed E-state index contributed by atoms with van der Waals surface area (Å²) in [5, 5.41) is 1.06. The van der Waals surface area contributed by atoms with Crippen molar-refractivity contribution >= 4 is 28.8 Å². The monoisotopic (exact) mass is 390 g/mol. The van der Waals surface area contributed by atoms with E-state index in [1.165, 1.54) is 36.2 Å². The molecule has 2 aromatic carbocycles. The number of aryl methyl sites for hydroxylation is 1. The van der Waals surface area contributed by atoms with Gasteiger partial charge >= 0.3 is 0 Å². The van der Waals surface area contributed by atoms with E-state index in [0.29, 0.717) is 21.7 Å². The number of hydrogen-bond donors (Lipinski definition) is 1. The van der Waals surface area contributed by atoms with Gasteiger partial charge < -0.3 is 4.57 Å². The second kappa shape index (κ2) is 6.96. The van der Waals surface area contributed by atoms with E-state index in [4.69, 9.17) is 0 Å². The van der Waals surface area contributed by atoms with Crippen molar-refractivity contribution < 1.29 is 18.0 Å². The highest BCUT2D eigenvalue weighted by Gasteiger charge is 2.24. The van der Waals surface area contributed by atoms with Crippen LogP contribution >= 0.6 is 11.9 Å². The van der Waals surface area contributed by atoms with Crippen LogP contribution in [0.25, 0.3) is 22.0 Å². The van der Waals surface area contributed by atoms with Crippen molar-refractivity contribution in [3.63, 3.8) is 0 Å². The van der Waals surface area contributed by atoms with Gasteiger partial charge in [-0.05, 0) is 42.5 Å². The lowest BCUT2D eigenvalue weighted by Crippen LogP contribution is -2.18. The lowest BCUT2D eigenvalue weighted by molar-refractivity contribution is 0.0980. The number of carbonyl (C=O) groups excluding carboxylic acids is 1. The summed E-state index contributed by atoms with van der Waals surface area (Å²) >= 11 is 1.34. The quantitative estimate of drug-likeness (QED) is 0.587. The predicted octanol–water partition coefficient (Wildman–Crippen LogP) is 5.46. The van der Waals surface area contributed by atoms with Gasteiger partial charge in [0.1, 0.15) is 5.82 Å². The van der Waals surface area contributed by atoms with Crippen LogP contribution in [-0.2, 0) is 7.05 Å². The number of amides is 1. The van der Waals surface area contributed by atoms with Crippen LogP contribution in [0.4, 0.5) is 13.2 Å². The maximum Gasteiger partial charge on any atom is 0.264 e. The summed E-state index contributed by atoms with van der Waals surface area (Å²) < 4.78 is 44.6. The number of nitrogens with one attached hydrogen (secondary N) is 1. The standard InChI is InChI=1S/C20H17F3N2OS/c1-25-10-16(11-2-4-12(5-3-11)19(22)23)14-8-17(21)15(9-18(14)25)20(26)24-27-13-6-7-13/h2-5,8-10,13,19H,6-7H2,1H3,(H,24,26). The molecule has 27 heavy (non-hydrogen) atoms. The third kappa shape index (κ3) is 3.56. The van der Waals surface area contributed by atoms with Crippen LogP contribution < -0.4 is 4.72 Å². The highest BCUT2D eigenvalue weighted by atomic mass is 32.2. The van der Waals surface area contributed by atoms with Crippen LogP contribution in [0.3, 0.4) is 0 Å². The molecular weight excluding hydrogens is 373 g/mol. The molecule has 4 rings (SSSR count). The molecular formula is C20H17F3N2OS. The Morgan fingerprint density at radius 3 is 2.56 bits per heavy atom. The Morgan fingerprint density at radius 1 is 1.22 bits per heavy atom. The van der Waals surface area contributed by atoms with Gasteiger partial charge in [0.25, 0.3) is 12.3 Å². The van der Waals surface area contributed by atoms with E-state index in [1.807, 2.05) is 6.20 Å². The van der Waals surface area contributed by atoms with Gasteiger partial charge in [-0.3, -0.25) is 9.52 Å². The van der Waals surface area contributed by atoms with Crippen molar-refractivity contribution in [2.24, 2.45) is 7.05 Å². The smallest absolute Gasteiger partial charge is 0.264 e. The van der Waals surface area contributed by atoms with Crippen molar-refractivity contribution in [1.82, 2.24) is 9.29 Å². The van der Waals surface area contributed by atoms with Gasteiger partial charge in [0, 0.05) is 40.5 Å². The van der Waals surface area contributed by atoms with E-state index in [-0.39, 0.29) is 11.1 Å². The Kier molecular flexibility index (Phi) is 4.63. The lowest BCUT2D eigenvalue weighted by Gasteiger charge is -2.07. The fourth-order valence-corrected chi connectivity index (χ4v) is 3.75. The summed E-state index contributed by atoms with van der Waals surface area (Å²) in [5.41, 5.74) is 2.08. The molecule has 3 aromatic rings. The van der Waals surface area contributed by atoms with Gasteiger partial charge in [0.2, 0.25) is 0 Å². The number of halogens is 3. The molecule has 1 heterocycles. The van der Waals surface area contributed by atoms with Crippen LogP contribution in [0.2, 0.25) is 0 Å². The summed E-state index contributed by atoms with van der Waals surface area (Å²) in [7, 11) is 1.80. The minimum Gasteiger partial charge on any atom is -0.350 e. The molecule has 1 fully saturated rings. The molecule has 3 nitrogen and oxygen atoms in total. The number of alkyl halides is 2. The van der Waals surface area contributed by atoms with Crippen LogP contribution in [-0.4, -0.2) is 15.7 Å². The SMILES string of the molecule is Cn1cc(-c2ccc(C(F)F)cc2)c2cc(F)c(C(=O)NSC3CC3)cc21. The number of hydrogen-bond acceptors (Lipinski definition) is 2. The Labute approximate surface area is 158 Å². The molecule has 0 aliphatic heterocycles. The molecule has 1 saturated carbocycles. The second-order valence-corrected chi connectivity index (χ2v) is 7.78. The summed E-state index contributed by atoms with van der Waals surface area (Å²) in [5.74, 6) is -1.05. The molecule has 140 valence electrons. The third-order valence-corrected chi connectivity index (χ3v) is 5.75. The van der Waals surface area contributed by atoms with Crippen LogP contribution in [0.15, 0.2) is 42.6 Å². The lowest BCUT2D eigenvalue weighted by atomic mass is 10.0. The highest BCUT2D eigenvalue weighted by Crippen LogP contribution is 2.34. The summed E-state index contributed by atoms with van der Waals surface area (Å²) in [6.45, 7) is 0. The van der Waals surface area contributed by atoms with Gasteiger partial charge in [-0.1, -0.05) is 24.3 Å². The normalized spacial score (nSPS) is 14.1. The van der Waals surface area contributed by atoms with Crippen molar-refractivity contribution in [3.8, 4) is 11.1 Å². The number of benzene rings is 2. The fraction of sp³-hybridized carbons (Fsp3) is 0.250. The molecule has 1 aliphatic carbocycles. The minimum atomic E-state index is -2.53. The summed E-state index contributed by atoms with van der Waals surface area (Å²) in [4.78, 5) is 12.3. The van der Waals surface area contributed by atoms with Gasteiger partial charge in [0.15, 0.2) is 0 Å². The number of aromatic nitrogens is 1. The Hall–Kier alpha value is -2.41. The number of rotatable bonds is 5. The fourth-order valence-electron chi connectivity index (χ4n) is 2.99. The Morgan fingerprint density at radius 2 is 1.93 bits per heavy atom. The molecule has 0 bridgehead atoms. The first-order valence-corrected chi connectivity index (χ1v) is 9.45. The van der Waals surface area contributed by atoms with E-state index in [1.54, 1.807) is 23.7 Å². The van der Waals surface area contributed by atoms with Gasteiger partial charge in [0.05, 0.1) is 5.56 Å². The maximum atomic E-state index is 14.6. The summed E-state index contributed by atoms with van der Waals surface area (Å²) in [6, 6.07) is 8.80. The topological polar surface area (TPSA) is 34.0 Å². The maximum absolute atomic E-state index is 14.6. The number of carbonyl (C=O) groups is 1. The summed E-state index contributed by atoms with van der Waals surface area (Å²) in [6.07, 6.45) is 1.41. The van der Waals surface area contributed by atoms with Crippen LogP contribution in [0.1, 0.15) is 35.2 Å². The van der Waals surface area contributed by atoms with E-state index < -0.39 is 18.1 Å². The van der Waals surface area contributed by atoms with Gasteiger partial charge in [-0.15, -0.1) is 0 Å². The second-order valence-electron chi connectivity index (χ2n) is 6.67. The van der Waals surface area contributed by atoms with E-state index in [0.717, 1.165) is 18.4 Å². The van der Waals surface area contributed by atoms with Crippen molar-refractivity contribution in [3.05, 3.63) is 59.5 Å². The van der Waals surface area contributed by atoms with E-state index in [2.05, 4.69) is 4.72 Å².